The predicted octanol–water partition coefficient (Wildman–Crippen LogP) is 4.29. The van der Waals surface area contributed by atoms with Crippen LogP contribution < -0.4 is 0 Å². The number of alkyl halides is 3. The molecule has 0 amide bonds. The maximum atomic E-state index is 13.3. The second kappa shape index (κ2) is 6.14. The van der Waals surface area contributed by atoms with Crippen LogP contribution in [0.5, 0.6) is 0 Å². The number of thiophene rings is 1. The molecular formula is C16H9F3N4OS. The molecule has 0 fully saturated rings. The molecule has 0 aliphatic rings. The smallest absolute Gasteiger partial charge is 0.294 e. The summed E-state index contributed by atoms with van der Waals surface area (Å²) in [6.45, 7) is 1.39. The lowest BCUT2D eigenvalue weighted by Crippen LogP contribution is -2.05. The van der Waals surface area contributed by atoms with E-state index in [-0.39, 0.29) is 28.3 Å². The third-order valence-electron chi connectivity index (χ3n) is 3.43. The predicted molar refractivity (Wildman–Crippen MR) is 84.9 cm³/mol. The molecule has 0 saturated carbocycles. The van der Waals surface area contributed by atoms with Crippen LogP contribution in [-0.2, 0) is 6.18 Å². The first-order valence-corrected chi connectivity index (χ1v) is 7.76. The van der Waals surface area contributed by atoms with Gasteiger partial charge in [-0.3, -0.25) is 4.79 Å². The maximum absolute atomic E-state index is 13.3. The largest absolute Gasteiger partial charge is 0.416 e. The second-order valence-electron chi connectivity index (χ2n) is 5.16. The number of nitrogens with zero attached hydrogens (tertiary/aromatic N) is 3. The van der Waals surface area contributed by atoms with E-state index >= 15 is 0 Å². The lowest BCUT2D eigenvalue weighted by atomic mass is 10.0. The molecule has 0 saturated heterocycles. The Morgan fingerprint density at radius 1 is 1.24 bits per heavy atom. The van der Waals surface area contributed by atoms with Gasteiger partial charge in [0.05, 0.1) is 10.4 Å². The van der Waals surface area contributed by atoms with Gasteiger partial charge in [-0.05, 0) is 42.8 Å². The molecule has 0 unspecified atom stereocenters. The van der Waals surface area contributed by atoms with Crippen molar-refractivity contribution in [1.29, 1.82) is 5.26 Å². The molecular weight excluding hydrogens is 353 g/mol. The Kier molecular flexibility index (Phi) is 4.14. The number of H-pyrrole nitrogens is 1. The Labute approximate surface area is 143 Å². The zero-order valence-electron chi connectivity index (χ0n) is 12.7. The molecule has 2 aromatic heterocycles. The number of aromatic nitrogens is 3. The van der Waals surface area contributed by atoms with Crippen LogP contribution in [0, 0.1) is 11.3 Å². The fraction of sp³-hybridized carbons (Fsp3) is 0.125. The molecule has 126 valence electrons. The third kappa shape index (κ3) is 3.29. The minimum atomic E-state index is -4.57. The Bertz CT molecular complexity index is 997. The number of hydrogen-bond acceptors (Lipinski definition) is 5. The number of ketones is 1. The molecule has 1 aromatic carbocycles. The Hall–Kier alpha value is -2.99. The van der Waals surface area contributed by atoms with Crippen LogP contribution in [0.3, 0.4) is 0 Å². The maximum Gasteiger partial charge on any atom is 0.416 e. The summed E-state index contributed by atoms with van der Waals surface area (Å²) in [7, 11) is 0. The Morgan fingerprint density at radius 3 is 2.56 bits per heavy atom. The van der Waals surface area contributed by atoms with Crippen molar-refractivity contribution >= 4 is 17.1 Å². The highest BCUT2D eigenvalue weighted by Crippen LogP contribution is 2.38. The summed E-state index contributed by atoms with van der Waals surface area (Å²) in [6, 6.07) is 8.38. The average Bonchev–Trinajstić information content (AvgIpc) is 3.22. The lowest BCUT2D eigenvalue weighted by Gasteiger charge is -2.11. The number of halogens is 3. The monoisotopic (exact) mass is 362 g/mol. The summed E-state index contributed by atoms with van der Waals surface area (Å²) in [4.78, 5) is 12.4. The van der Waals surface area contributed by atoms with Crippen LogP contribution in [0.4, 0.5) is 13.2 Å². The fourth-order valence-electron chi connectivity index (χ4n) is 2.26. The van der Waals surface area contributed by atoms with Gasteiger partial charge >= 0.3 is 6.18 Å². The Morgan fingerprint density at radius 2 is 1.96 bits per heavy atom. The zero-order chi connectivity index (χ0) is 18.2. The summed E-state index contributed by atoms with van der Waals surface area (Å²) in [5.74, 6) is -0.160. The first-order chi connectivity index (χ1) is 11.8. The van der Waals surface area contributed by atoms with Gasteiger partial charge in [0.2, 0.25) is 0 Å². The quantitative estimate of drug-likeness (QED) is 0.705. The molecule has 9 heteroatoms. The van der Waals surface area contributed by atoms with E-state index in [1.165, 1.54) is 13.0 Å². The van der Waals surface area contributed by atoms with Crippen LogP contribution in [-0.4, -0.2) is 21.2 Å². The van der Waals surface area contributed by atoms with Crippen LogP contribution in [0.15, 0.2) is 30.3 Å². The van der Waals surface area contributed by atoms with Gasteiger partial charge in [0, 0.05) is 10.4 Å². The first kappa shape index (κ1) is 16.9. The standard InChI is InChI=1S/C16H9F3N4OS/c1-8(24)13-2-3-14(25-13)9-4-10(6-11(5-9)16(17,18)19)15-12(7-20)21-23-22-15/h2-6H,1H3,(H,21,22,23). The summed E-state index contributed by atoms with van der Waals surface area (Å²) in [6.07, 6.45) is -4.57. The molecule has 0 atom stereocenters. The van der Waals surface area contributed by atoms with Crippen LogP contribution >= 0.6 is 11.3 Å². The summed E-state index contributed by atoms with van der Waals surface area (Å²) < 4.78 is 39.8. The Balaban J connectivity index is 2.20. The number of benzene rings is 1. The van der Waals surface area contributed by atoms with Crippen molar-refractivity contribution in [1.82, 2.24) is 15.4 Å². The zero-order valence-corrected chi connectivity index (χ0v) is 13.5. The van der Waals surface area contributed by atoms with Crippen molar-refractivity contribution in [2.24, 2.45) is 0 Å². The average molecular weight is 362 g/mol. The minimum Gasteiger partial charge on any atom is -0.294 e. The van der Waals surface area contributed by atoms with E-state index in [0.29, 0.717) is 9.75 Å². The lowest BCUT2D eigenvalue weighted by molar-refractivity contribution is -0.137. The molecule has 3 aromatic rings. The molecule has 0 radical (unpaired) electrons. The number of rotatable bonds is 3. The van der Waals surface area contributed by atoms with E-state index in [9.17, 15) is 18.0 Å². The van der Waals surface area contributed by atoms with Gasteiger partial charge in [0.25, 0.3) is 0 Å². The highest BCUT2D eigenvalue weighted by atomic mass is 32.1. The van der Waals surface area contributed by atoms with Gasteiger partial charge in [-0.25, -0.2) is 5.10 Å². The van der Waals surface area contributed by atoms with Crippen LogP contribution in [0.1, 0.15) is 27.9 Å². The van der Waals surface area contributed by atoms with Crippen molar-refractivity contribution < 1.29 is 18.0 Å². The molecule has 25 heavy (non-hydrogen) atoms. The van der Waals surface area contributed by atoms with Crippen molar-refractivity contribution in [3.63, 3.8) is 0 Å². The van der Waals surface area contributed by atoms with Crippen molar-refractivity contribution in [2.75, 3.05) is 0 Å². The number of hydrogen-bond donors (Lipinski definition) is 1. The second-order valence-corrected chi connectivity index (χ2v) is 6.25. The van der Waals surface area contributed by atoms with Gasteiger partial charge < -0.3 is 0 Å². The first-order valence-electron chi connectivity index (χ1n) is 6.94. The number of carbonyl (C=O) groups is 1. The molecule has 0 aliphatic heterocycles. The van der Waals surface area contributed by atoms with Gasteiger partial charge in [-0.1, -0.05) is 5.21 Å². The van der Waals surface area contributed by atoms with E-state index in [1.807, 2.05) is 0 Å². The van der Waals surface area contributed by atoms with Gasteiger partial charge in [-0.2, -0.15) is 18.4 Å². The highest BCUT2D eigenvalue weighted by Gasteiger charge is 2.32. The van der Waals surface area contributed by atoms with E-state index in [0.717, 1.165) is 23.5 Å². The topological polar surface area (TPSA) is 82.4 Å². The molecule has 0 spiro atoms. The van der Waals surface area contributed by atoms with Crippen LogP contribution in [0.2, 0.25) is 0 Å². The van der Waals surface area contributed by atoms with Gasteiger partial charge in [0.15, 0.2) is 11.5 Å². The molecule has 0 bridgehead atoms. The summed E-state index contributed by atoms with van der Waals surface area (Å²) in [5, 5.41) is 18.5. The number of nitriles is 1. The SMILES string of the molecule is CC(=O)c1ccc(-c2cc(-c3nn[nH]c3C#N)cc(C(F)(F)F)c2)s1. The van der Waals surface area contributed by atoms with Crippen LogP contribution in [0.25, 0.3) is 21.7 Å². The molecule has 1 N–H and O–H groups in total. The van der Waals surface area contributed by atoms with E-state index in [4.69, 9.17) is 5.26 Å². The highest BCUT2D eigenvalue weighted by molar-refractivity contribution is 7.17. The van der Waals surface area contributed by atoms with Gasteiger partial charge in [0.1, 0.15) is 11.8 Å². The number of nitrogens with one attached hydrogen (secondary N) is 1. The van der Waals surface area contributed by atoms with E-state index < -0.39 is 11.7 Å². The third-order valence-corrected chi connectivity index (χ3v) is 4.67. The van der Waals surface area contributed by atoms with E-state index in [1.54, 1.807) is 18.2 Å². The number of Topliss-reactive ketones (excluding diaryl/α,β-unsaturated/α-hetero) is 1. The number of carbonyl (C=O) groups excluding carboxylic acids is 1. The molecule has 2 heterocycles. The van der Waals surface area contributed by atoms with E-state index in [2.05, 4.69) is 15.4 Å². The molecule has 5 nitrogen and oxygen atoms in total. The normalized spacial score (nSPS) is 11.3. The van der Waals surface area contributed by atoms with Gasteiger partial charge in [-0.15, -0.1) is 16.4 Å². The summed E-state index contributed by atoms with van der Waals surface area (Å²) in [5.41, 5.74) is -0.453. The fourth-order valence-corrected chi connectivity index (χ4v) is 3.15. The molecule has 3 rings (SSSR count). The minimum absolute atomic E-state index is 0.0270. The van der Waals surface area contributed by atoms with Crippen molar-refractivity contribution in [3.05, 3.63) is 46.5 Å². The summed E-state index contributed by atoms with van der Waals surface area (Å²) >= 11 is 1.10. The number of aromatic amines is 1. The molecule has 0 aliphatic carbocycles. The van der Waals surface area contributed by atoms with Crippen molar-refractivity contribution in [3.8, 4) is 27.8 Å². The van der Waals surface area contributed by atoms with Crippen molar-refractivity contribution in [2.45, 2.75) is 13.1 Å².